The first-order chi connectivity index (χ1) is 19.0. The molecule has 2 aromatic rings. The van der Waals surface area contributed by atoms with Gasteiger partial charge in [0.05, 0.1) is 19.2 Å². The lowest BCUT2D eigenvalue weighted by Crippen LogP contribution is -2.60. The zero-order valence-corrected chi connectivity index (χ0v) is 22.5. The summed E-state index contributed by atoms with van der Waals surface area (Å²) in [6.07, 6.45) is -1.24. The van der Waals surface area contributed by atoms with Crippen molar-refractivity contribution in [3.63, 3.8) is 0 Å². The maximum absolute atomic E-state index is 12.7. The average Bonchev–Trinajstić information content (AvgIpc) is 3.27. The second kappa shape index (κ2) is 12.8. The molecule has 0 unspecified atom stereocenters. The van der Waals surface area contributed by atoms with E-state index >= 15 is 0 Å². The molecule has 1 aromatic carbocycles. The van der Waals surface area contributed by atoms with Crippen LogP contribution in [-0.2, 0) is 47.7 Å². The molecule has 212 valence electrons. The molecule has 1 aliphatic heterocycles. The Hall–Kier alpha value is -4.86. The lowest BCUT2D eigenvalue weighted by molar-refractivity contribution is -0.188. The number of benzene rings is 1. The lowest BCUT2D eigenvalue weighted by atomic mass is 9.91. The van der Waals surface area contributed by atoms with Gasteiger partial charge in [0, 0.05) is 44.7 Å². The van der Waals surface area contributed by atoms with E-state index in [0.717, 1.165) is 27.9 Å². The van der Waals surface area contributed by atoms with E-state index in [1.165, 1.54) is 13.0 Å². The van der Waals surface area contributed by atoms with E-state index in [4.69, 9.17) is 23.7 Å². The number of aromatic nitrogens is 1. The molecule has 3 rings (SSSR count). The Kier molecular flexibility index (Phi) is 9.50. The van der Waals surface area contributed by atoms with Crippen molar-refractivity contribution in [2.75, 3.05) is 13.7 Å². The van der Waals surface area contributed by atoms with Gasteiger partial charge in [-0.15, -0.1) is 0 Å². The van der Waals surface area contributed by atoms with Crippen molar-refractivity contribution in [2.45, 2.75) is 58.1 Å². The summed E-state index contributed by atoms with van der Waals surface area (Å²) in [6.45, 7) is 4.05. The molecule has 1 amide bonds. The quantitative estimate of drug-likeness (QED) is 0.350. The number of amides is 1. The van der Waals surface area contributed by atoms with Gasteiger partial charge in [0.2, 0.25) is 11.7 Å². The number of methoxy groups -OCH3 is 1. The minimum Gasteiger partial charge on any atom is -0.477 e. The molecule has 40 heavy (non-hydrogen) atoms. The van der Waals surface area contributed by atoms with Gasteiger partial charge in [-0.05, 0) is 6.08 Å². The predicted molar refractivity (Wildman–Crippen MR) is 136 cm³/mol. The Morgan fingerprint density at radius 1 is 1.05 bits per heavy atom. The van der Waals surface area contributed by atoms with Crippen molar-refractivity contribution >= 4 is 40.6 Å². The van der Waals surface area contributed by atoms with Gasteiger partial charge in [-0.1, -0.05) is 24.3 Å². The minimum atomic E-state index is -1.50. The first kappa shape index (κ1) is 29.7. The van der Waals surface area contributed by atoms with Crippen LogP contribution < -0.4 is 5.32 Å². The highest BCUT2D eigenvalue weighted by Crippen LogP contribution is 2.35. The number of nitriles is 1. The van der Waals surface area contributed by atoms with Crippen LogP contribution in [0.4, 0.5) is 0 Å². The second-order valence-electron chi connectivity index (χ2n) is 8.93. The molecule has 0 saturated carbocycles. The summed E-state index contributed by atoms with van der Waals surface area (Å²) in [5, 5.41) is 14.1. The third-order valence-corrected chi connectivity index (χ3v) is 6.00. The van der Waals surface area contributed by atoms with Crippen LogP contribution in [0.3, 0.4) is 0 Å². The fraction of sp³-hybridized carbons (Fsp3) is 0.407. The van der Waals surface area contributed by atoms with Crippen molar-refractivity contribution < 1.29 is 47.7 Å². The summed E-state index contributed by atoms with van der Waals surface area (Å²) < 4.78 is 28.3. The number of fused-ring (bicyclic) bond motifs is 1. The Labute approximate surface area is 229 Å². The topological polar surface area (TPSA) is 172 Å². The summed E-state index contributed by atoms with van der Waals surface area (Å²) in [4.78, 5) is 60.9. The molecule has 2 heterocycles. The Bertz CT molecular complexity index is 1390. The predicted octanol–water partition coefficient (Wildman–Crippen LogP) is 1.44. The fourth-order valence-electron chi connectivity index (χ4n) is 4.54. The van der Waals surface area contributed by atoms with E-state index in [1.54, 1.807) is 35.0 Å². The van der Waals surface area contributed by atoms with Gasteiger partial charge in [0.15, 0.2) is 18.3 Å². The van der Waals surface area contributed by atoms with Crippen LogP contribution >= 0.6 is 0 Å². The highest BCUT2D eigenvalue weighted by molar-refractivity contribution is 5.88. The third kappa shape index (κ3) is 6.76. The molecular weight excluding hydrogens is 526 g/mol. The summed E-state index contributed by atoms with van der Waals surface area (Å²) >= 11 is 0. The van der Waals surface area contributed by atoms with E-state index < -0.39 is 66.8 Å². The van der Waals surface area contributed by atoms with Gasteiger partial charge in [-0.3, -0.25) is 19.2 Å². The van der Waals surface area contributed by atoms with E-state index in [-0.39, 0.29) is 11.5 Å². The van der Waals surface area contributed by atoms with Crippen molar-refractivity contribution in [1.82, 2.24) is 9.88 Å². The van der Waals surface area contributed by atoms with Crippen LogP contribution in [-0.4, -0.2) is 72.4 Å². The number of rotatable bonds is 9. The molecule has 0 bridgehead atoms. The van der Waals surface area contributed by atoms with E-state index in [2.05, 4.69) is 11.4 Å². The maximum atomic E-state index is 12.7. The number of ether oxygens (including phenoxy) is 5. The number of nitrogens with one attached hydrogen (secondary N) is 1. The Morgan fingerprint density at radius 3 is 2.30 bits per heavy atom. The molecule has 0 spiro atoms. The number of carbonyl (C=O) groups excluding carboxylic acids is 5. The van der Waals surface area contributed by atoms with Gasteiger partial charge in [-0.2, -0.15) is 5.26 Å². The largest absolute Gasteiger partial charge is 0.477 e. The van der Waals surface area contributed by atoms with E-state index in [9.17, 15) is 29.2 Å². The van der Waals surface area contributed by atoms with Gasteiger partial charge in [0.25, 0.3) is 0 Å². The third-order valence-electron chi connectivity index (χ3n) is 6.00. The van der Waals surface area contributed by atoms with Gasteiger partial charge in [0.1, 0.15) is 18.4 Å². The SMILES string of the molecule is COC(=O)C1=C[C@H](n2cc3ccccc3c2C#N)[C@@H](NC(C)=O)[C@H]([C@H](OC(C)=O)[C@@H](COC(C)=O)OC(C)=O)O1. The zero-order chi connectivity index (χ0) is 29.6. The summed E-state index contributed by atoms with van der Waals surface area (Å²) in [5.74, 6) is -4.02. The number of hydrogen-bond acceptors (Lipinski definition) is 11. The molecule has 5 atom stereocenters. The maximum Gasteiger partial charge on any atom is 0.373 e. The van der Waals surface area contributed by atoms with Gasteiger partial charge < -0.3 is 33.6 Å². The van der Waals surface area contributed by atoms with Crippen LogP contribution in [0, 0.1) is 11.3 Å². The van der Waals surface area contributed by atoms with Gasteiger partial charge >= 0.3 is 23.9 Å². The molecule has 1 N–H and O–H groups in total. The van der Waals surface area contributed by atoms with Crippen LogP contribution in [0.15, 0.2) is 42.3 Å². The van der Waals surface area contributed by atoms with Crippen molar-refractivity contribution in [1.29, 1.82) is 5.26 Å². The van der Waals surface area contributed by atoms with Crippen LogP contribution in [0.1, 0.15) is 39.4 Å². The van der Waals surface area contributed by atoms with Crippen LogP contribution in [0.2, 0.25) is 0 Å². The molecule has 1 aliphatic rings. The van der Waals surface area contributed by atoms with Crippen LogP contribution in [0.5, 0.6) is 0 Å². The standard InChI is InChI=1S/C27H29N3O10/c1-14(31)29-24-20(30-12-18-8-6-7-9-19(18)21(30)11-28)10-22(27(35)36-5)40-26(24)25(39-17(4)34)23(38-16(3)33)13-37-15(2)32/h6-10,12,20,23-26H,13H2,1-5H3,(H,29,31)/t20-,23+,24+,25+,26+/m0/s1. The molecule has 0 radical (unpaired) electrons. The highest BCUT2D eigenvalue weighted by Gasteiger charge is 2.48. The van der Waals surface area contributed by atoms with E-state index in [0.29, 0.717) is 10.8 Å². The Balaban J connectivity index is 2.26. The number of hydrogen-bond donors (Lipinski definition) is 1. The zero-order valence-electron chi connectivity index (χ0n) is 22.5. The van der Waals surface area contributed by atoms with E-state index in [1.807, 2.05) is 0 Å². The molecule has 13 nitrogen and oxygen atoms in total. The van der Waals surface area contributed by atoms with Crippen LogP contribution in [0.25, 0.3) is 10.8 Å². The Morgan fingerprint density at radius 2 is 1.73 bits per heavy atom. The second-order valence-corrected chi connectivity index (χ2v) is 8.93. The number of esters is 4. The van der Waals surface area contributed by atoms with Crippen molar-refractivity contribution in [3.05, 3.63) is 48.0 Å². The van der Waals surface area contributed by atoms with Gasteiger partial charge in [-0.25, -0.2) is 4.79 Å². The van der Waals surface area contributed by atoms with Crippen molar-refractivity contribution in [3.8, 4) is 6.07 Å². The fourth-order valence-corrected chi connectivity index (χ4v) is 4.54. The summed E-state index contributed by atoms with van der Waals surface area (Å²) in [5.41, 5.74) is 0.220. The lowest BCUT2D eigenvalue weighted by Gasteiger charge is -2.42. The molecule has 0 aliphatic carbocycles. The molecule has 0 fully saturated rings. The molecule has 0 saturated heterocycles. The summed E-state index contributed by atoms with van der Waals surface area (Å²) in [7, 11) is 1.13. The summed E-state index contributed by atoms with van der Waals surface area (Å²) in [6, 6.07) is 7.19. The molecule has 13 heteroatoms. The van der Waals surface area contributed by atoms with Crippen molar-refractivity contribution in [2.24, 2.45) is 0 Å². The number of carbonyl (C=O) groups is 5. The number of nitrogens with zero attached hydrogens (tertiary/aromatic N) is 2. The molecular formula is C27H29N3O10. The monoisotopic (exact) mass is 555 g/mol. The normalized spacial score (nSPS) is 19.6. The average molecular weight is 556 g/mol. The highest BCUT2D eigenvalue weighted by atomic mass is 16.6. The first-order valence-electron chi connectivity index (χ1n) is 12.2. The first-order valence-corrected chi connectivity index (χ1v) is 12.2. The minimum absolute atomic E-state index is 0.220. The molecule has 1 aromatic heterocycles. The smallest absolute Gasteiger partial charge is 0.373 e.